The van der Waals surface area contributed by atoms with Crippen LogP contribution < -0.4 is 16.6 Å². The lowest BCUT2D eigenvalue weighted by atomic mass is 10.1. The molecule has 21 heavy (non-hydrogen) atoms. The zero-order chi connectivity index (χ0) is 14.7. The Balaban J connectivity index is 1.85. The van der Waals surface area contributed by atoms with E-state index in [1.165, 1.54) is 6.07 Å². The number of hydrogen-bond donors (Lipinski definition) is 3. The minimum Gasteiger partial charge on any atom is -0.342 e. The maximum atomic E-state index is 11.2. The molecule has 104 valence electrons. The number of rotatable bonds is 3. The van der Waals surface area contributed by atoms with Gasteiger partial charge in [0.05, 0.1) is 0 Å². The molecule has 0 aliphatic heterocycles. The highest BCUT2D eigenvalue weighted by Gasteiger charge is 2.00. The van der Waals surface area contributed by atoms with Gasteiger partial charge in [0.2, 0.25) is 0 Å². The van der Waals surface area contributed by atoms with Crippen molar-refractivity contribution >= 4 is 11.5 Å². The van der Waals surface area contributed by atoms with Crippen molar-refractivity contribution < 1.29 is 0 Å². The first-order valence-electron chi connectivity index (χ1n) is 6.47. The quantitative estimate of drug-likeness (QED) is 0.689. The highest BCUT2D eigenvalue weighted by atomic mass is 16.2. The summed E-state index contributed by atoms with van der Waals surface area (Å²) in [5.41, 5.74) is 2.04. The SMILES string of the molecule is O=c1cc(Nc2ccc(-c3ccccc3)cc2)[nH]c(=O)[nH]1. The first-order chi connectivity index (χ1) is 10.2. The Bertz CT molecular complexity index is 821. The first-order valence-corrected chi connectivity index (χ1v) is 6.47. The van der Waals surface area contributed by atoms with Gasteiger partial charge in [-0.15, -0.1) is 0 Å². The van der Waals surface area contributed by atoms with E-state index in [-0.39, 0.29) is 0 Å². The molecule has 0 amide bonds. The molecule has 5 heteroatoms. The summed E-state index contributed by atoms with van der Waals surface area (Å²) in [5, 5.41) is 2.99. The van der Waals surface area contributed by atoms with E-state index in [1.807, 2.05) is 54.6 Å². The van der Waals surface area contributed by atoms with Crippen LogP contribution in [0, 0.1) is 0 Å². The van der Waals surface area contributed by atoms with Crippen molar-refractivity contribution in [2.75, 3.05) is 5.32 Å². The number of aromatic amines is 2. The molecule has 0 saturated heterocycles. The second-order valence-electron chi connectivity index (χ2n) is 4.57. The third-order valence-electron chi connectivity index (χ3n) is 3.03. The Kier molecular flexibility index (Phi) is 3.39. The van der Waals surface area contributed by atoms with Crippen molar-refractivity contribution in [3.63, 3.8) is 0 Å². The summed E-state index contributed by atoms with van der Waals surface area (Å²) >= 11 is 0. The third-order valence-corrected chi connectivity index (χ3v) is 3.03. The van der Waals surface area contributed by atoms with E-state index in [0.29, 0.717) is 5.82 Å². The van der Waals surface area contributed by atoms with Crippen molar-refractivity contribution in [1.29, 1.82) is 0 Å². The van der Waals surface area contributed by atoms with Gasteiger partial charge in [-0.25, -0.2) is 4.79 Å². The fourth-order valence-corrected chi connectivity index (χ4v) is 2.07. The van der Waals surface area contributed by atoms with Crippen LogP contribution in [-0.4, -0.2) is 9.97 Å². The Hall–Kier alpha value is -3.08. The van der Waals surface area contributed by atoms with Gasteiger partial charge in [-0.2, -0.15) is 0 Å². The molecule has 0 bridgehead atoms. The summed E-state index contributed by atoms with van der Waals surface area (Å²) in [7, 11) is 0. The van der Waals surface area contributed by atoms with Crippen LogP contribution in [-0.2, 0) is 0 Å². The molecule has 0 saturated carbocycles. The van der Waals surface area contributed by atoms with Crippen molar-refractivity contribution in [3.05, 3.63) is 81.5 Å². The Labute approximate surface area is 120 Å². The second-order valence-corrected chi connectivity index (χ2v) is 4.57. The summed E-state index contributed by atoms with van der Waals surface area (Å²) in [5.74, 6) is 0.358. The number of hydrogen-bond acceptors (Lipinski definition) is 3. The molecular formula is C16H13N3O2. The Morgan fingerprint density at radius 3 is 2.10 bits per heavy atom. The molecule has 0 aliphatic rings. The molecule has 3 aromatic rings. The molecule has 0 fully saturated rings. The van der Waals surface area contributed by atoms with Crippen molar-refractivity contribution in [1.82, 2.24) is 9.97 Å². The average Bonchev–Trinajstić information content (AvgIpc) is 2.48. The summed E-state index contributed by atoms with van der Waals surface area (Å²) in [6, 6.07) is 19.1. The van der Waals surface area contributed by atoms with E-state index in [0.717, 1.165) is 16.8 Å². The van der Waals surface area contributed by atoms with Gasteiger partial charge in [0.1, 0.15) is 5.82 Å². The van der Waals surface area contributed by atoms with Gasteiger partial charge in [-0.1, -0.05) is 42.5 Å². The predicted molar refractivity (Wildman–Crippen MR) is 82.8 cm³/mol. The van der Waals surface area contributed by atoms with Crippen molar-refractivity contribution in [2.24, 2.45) is 0 Å². The molecule has 0 unspecified atom stereocenters. The number of anilines is 2. The summed E-state index contributed by atoms with van der Waals surface area (Å²) in [4.78, 5) is 27.1. The molecule has 3 rings (SSSR count). The maximum absolute atomic E-state index is 11.2. The molecule has 1 aromatic heterocycles. The third kappa shape index (κ3) is 3.09. The molecule has 5 nitrogen and oxygen atoms in total. The van der Waals surface area contributed by atoms with Crippen LogP contribution >= 0.6 is 0 Å². The molecule has 0 spiro atoms. The van der Waals surface area contributed by atoms with Gasteiger partial charge in [0.25, 0.3) is 5.56 Å². The molecule has 3 N–H and O–H groups in total. The lowest BCUT2D eigenvalue weighted by Crippen LogP contribution is -2.22. The van der Waals surface area contributed by atoms with Crippen molar-refractivity contribution in [2.45, 2.75) is 0 Å². The van der Waals surface area contributed by atoms with Crippen LogP contribution in [0.25, 0.3) is 11.1 Å². The van der Waals surface area contributed by atoms with Gasteiger partial charge in [0.15, 0.2) is 0 Å². The topological polar surface area (TPSA) is 77.8 Å². The molecular weight excluding hydrogens is 266 g/mol. The lowest BCUT2D eigenvalue weighted by molar-refractivity contribution is 1.04. The van der Waals surface area contributed by atoms with Gasteiger partial charge < -0.3 is 5.32 Å². The summed E-state index contributed by atoms with van der Waals surface area (Å²) in [6.45, 7) is 0. The van der Waals surface area contributed by atoms with Crippen LogP contribution in [0.2, 0.25) is 0 Å². The van der Waals surface area contributed by atoms with Gasteiger partial charge in [0, 0.05) is 11.8 Å². The standard InChI is InChI=1S/C16H13N3O2/c20-15-10-14(18-16(21)19-15)17-13-8-6-12(7-9-13)11-4-2-1-3-5-11/h1-10H,(H3,17,18,19,20,21). The Morgan fingerprint density at radius 1 is 0.762 bits per heavy atom. The number of benzene rings is 2. The normalized spacial score (nSPS) is 10.3. The van der Waals surface area contributed by atoms with E-state index in [4.69, 9.17) is 0 Å². The van der Waals surface area contributed by atoms with Gasteiger partial charge >= 0.3 is 5.69 Å². The molecule has 0 aliphatic carbocycles. The molecule has 0 radical (unpaired) electrons. The van der Waals surface area contributed by atoms with E-state index < -0.39 is 11.2 Å². The van der Waals surface area contributed by atoms with E-state index in [1.54, 1.807) is 0 Å². The number of nitrogens with one attached hydrogen (secondary N) is 3. The smallest absolute Gasteiger partial charge is 0.327 e. The van der Waals surface area contributed by atoms with Crippen LogP contribution in [0.3, 0.4) is 0 Å². The lowest BCUT2D eigenvalue weighted by Gasteiger charge is -2.07. The number of H-pyrrole nitrogens is 2. The summed E-state index contributed by atoms with van der Waals surface area (Å²) in [6.07, 6.45) is 0. The fourth-order valence-electron chi connectivity index (χ4n) is 2.07. The van der Waals surface area contributed by atoms with Crippen LogP contribution in [0.4, 0.5) is 11.5 Å². The highest BCUT2D eigenvalue weighted by molar-refractivity contribution is 5.67. The minimum atomic E-state index is -0.536. The van der Waals surface area contributed by atoms with Crippen molar-refractivity contribution in [3.8, 4) is 11.1 Å². The van der Waals surface area contributed by atoms with E-state index in [2.05, 4.69) is 15.3 Å². The highest BCUT2D eigenvalue weighted by Crippen LogP contribution is 2.21. The first kappa shape index (κ1) is 12.9. The number of aromatic nitrogens is 2. The Morgan fingerprint density at radius 2 is 1.43 bits per heavy atom. The van der Waals surface area contributed by atoms with Crippen LogP contribution in [0.15, 0.2) is 70.3 Å². The fraction of sp³-hybridized carbons (Fsp3) is 0. The average molecular weight is 279 g/mol. The monoisotopic (exact) mass is 279 g/mol. The van der Waals surface area contributed by atoms with Crippen LogP contribution in [0.1, 0.15) is 0 Å². The zero-order valence-corrected chi connectivity index (χ0v) is 11.1. The maximum Gasteiger partial charge on any atom is 0.327 e. The molecule has 1 heterocycles. The van der Waals surface area contributed by atoms with E-state index >= 15 is 0 Å². The molecule has 0 atom stereocenters. The van der Waals surface area contributed by atoms with E-state index in [9.17, 15) is 9.59 Å². The molecule has 2 aromatic carbocycles. The van der Waals surface area contributed by atoms with Crippen LogP contribution in [0.5, 0.6) is 0 Å². The largest absolute Gasteiger partial charge is 0.342 e. The minimum absolute atomic E-state index is 0.358. The predicted octanol–water partition coefficient (Wildman–Crippen LogP) is 2.47. The zero-order valence-electron chi connectivity index (χ0n) is 11.1. The van der Waals surface area contributed by atoms with Gasteiger partial charge in [-0.05, 0) is 23.3 Å². The van der Waals surface area contributed by atoms with Gasteiger partial charge in [-0.3, -0.25) is 14.8 Å². The summed E-state index contributed by atoms with van der Waals surface area (Å²) < 4.78 is 0. The second kappa shape index (κ2) is 5.50.